The van der Waals surface area contributed by atoms with Crippen molar-refractivity contribution in [1.82, 2.24) is 0 Å². The molecule has 0 atom stereocenters. The number of unbranched alkanes of at least 4 members (excludes halogenated alkanes) is 13. The fraction of sp³-hybridized carbons (Fsp3) is 0.950. The summed E-state index contributed by atoms with van der Waals surface area (Å²) >= 11 is 0. The quantitative estimate of drug-likeness (QED) is 0.168. The average molecular weight is 377 g/mol. The second-order valence-electron chi connectivity index (χ2n) is 7.20. The Morgan fingerprint density at radius 2 is 1.08 bits per heavy atom. The smallest absolute Gasteiger partial charge is 0.217 e. The number of nitrogens with zero attached hydrogens (tertiary/aromatic N) is 1. The van der Waals surface area contributed by atoms with Gasteiger partial charge in [-0.1, -0.05) is 102 Å². The Balaban J connectivity index is 0. The predicted molar refractivity (Wildman–Crippen MR) is 106 cm³/mol. The number of hydrogen-bond acceptors (Lipinski definition) is 4. The Labute approximate surface area is 160 Å². The lowest BCUT2D eigenvalue weighted by Gasteiger charge is -2.22. The van der Waals surface area contributed by atoms with Crippen LogP contribution in [0.25, 0.3) is 0 Å². The molecule has 6 heteroatoms. The maximum atomic E-state index is 10.5. The molecule has 0 unspecified atom stereocenters. The van der Waals surface area contributed by atoms with E-state index in [0.29, 0.717) is 12.8 Å². The van der Waals surface area contributed by atoms with Gasteiger partial charge in [0.05, 0.1) is 0 Å². The summed E-state index contributed by atoms with van der Waals surface area (Å²) in [6, 6.07) is 0. The first-order valence-corrected chi connectivity index (χ1v) is 10.7. The molecule has 6 nitrogen and oxygen atoms in total. The van der Waals surface area contributed by atoms with E-state index in [1.807, 2.05) is 6.92 Å². The second-order valence-corrected chi connectivity index (χ2v) is 7.20. The number of quaternary nitrogens is 1. The molecule has 1 amide bonds. The maximum Gasteiger partial charge on any atom is 0.217 e. The van der Waals surface area contributed by atoms with Crippen LogP contribution in [0.1, 0.15) is 117 Å². The highest BCUT2D eigenvalue weighted by atomic mass is 17.1. The van der Waals surface area contributed by atoms with E-state index in [4.69, 9.17) is 16.1 Å². The van der Waals surface area contributed by atoms with Crippen LogP contribution in [0.15, 0.2) is 0 Å². The molecular weight excluding hydrogens is 332 g/mol. The molecule has 0 aromatic rings. The summed E-state index contributed by atoms with van der Waals surface area (Å²) in [6.07, 6.45) is 19.3. The van der Waals surface area contributed by atoms with Crippen molar-refractivity contribution in [3.63, 3.8) is 0 Å². The van der Waals surface area contributed by atoms with Crippen molar-refractivity contribution >= 4 is 5.91 Å². The molecule has 0 spiro atoms. The summed E-state index contributed by atoms with van der Waals surface area (Å²) in [6.45, 7) is 4.00. The molecular formula is C20H44N2O4. The standard InChI is InChI=1S/C16H33NO.C4H11NO3/c1-2-3-4-5-6-7-8-9-10-11-12-13-14-15-16(17)18;1-2-3-4-5(6,7)8/h2-15H2,1H3,(H2,17,18);6-7H,2-4H2,1H3. The van der Waals surface area contributed by atoms with E-state index in [1.165, 1.54) is 77.0 Å². The van der Waals surface area contributed by atoms with Gasteiger partial charge in [-0.05, 0) is 6.42 Å². The highest BCUT2D eigenvalue weighted by Crippen LogP contribution is 2.12. The zero-order chi connectivity index (χ0) is 20.1. The largest absolute Gasteiger partial charge is 0.564 e. The van der Waals surface area contributed by atoms with Gasteiger partial charge in [0.25, 0.3) is 0 Å². The van der Waals surface area contributed by atoms with Gasteiger partial charge in [-0.25, -0.2) is 0 Å². The van der Waals surface area contributed by atoms with Crippen molar-refractivity contribution in [3.05, 3.63) is 5.21 Å². The fourth-order valence-electron chi connectivity index (χ4n) is 2.68. The zero-order valence-electron chi connectivity index (χ0n) is 17.3. The first-order valence-electron chi connectivity index (χ1n) is 10.7. The third kappa shape index (κ3) is 31.1. The number of carbonyl (C=O) groups is 1. The molecule has 4 N–H and O–H groups in total. The van der Waals surface area contributed by atoms with E-state index >= 15 is 0 Å². The molecule has 0 saturated carbocycles. The van der Waals surface area contributed by atoms with Crippen LogP contribution in [0, 0.1) is 5.21 Å². The van der Waals surface area contributed by atoms with Crippen molar-refractivity contribution < 1.29 is 20.2 Å². The monoisotopic (exact) mass is 376 g/mol. The molecule has 0 aliphatic carbocycles. The molecule has 0 fully saturated rings. The van der Waals surface area contributed by atoms with E-state index in [1.54, 1.807) is 0 Å². The Morgan fingerprint density at radius 3 is 1.35 bits per heavy atom. The van der Waals surface area contributed by atoms with Gasteiger partial charge < -0.3 is 10.9 Å². The lowest BCUT2D eigenvalue weighted by atomic mass is 10.0. The van der Waals surface area contributed by atoms with Gasteiger partial charge in [0.15, 0.2) is 0 Å². The van der Waals surface area contributed by atoms with E-state index in [2.05, 4.69) is 6.92 Å². The zero-order valence-corrected chi connectivity index (χ0v) is 17.3. The van der Waals surface area contributed by atoms with Crippen LogP contribution in [-0.2, 0) is 4.79 Å². The van der Waals surface area contributed by atoms with Gasteiger partial charge in [0, 0.05) is 12.8 Å². The van der Waals surface area contributed by atoms with Gasteiger partial charge >= 0.3 is 0 Å². The molecule has 158 valence electrons. The Morgan fingerprint density at radius 1 is 0.731 bits per heavy atom. The molecule has 0 rings (SSSR count). The second kappa shape index (κ2) is 20.6. The normalized spacial score (nSPS) is 11.1. The Hall–Kier alpha value is -0.690. The molecule has 26 heavy (non-hydrogen) atoms. The fourth-order valence-corrected chi connectivity index (χ4v) is 2.68. The van der Waals surface area contributed by atoms with E-state index < -0.39 is 4.97 Å². The molecule has 0 bridgehead atoms. The van der Waals surface area contributed by atoms with E-state index in [0.717, 1.165) is 12.8 Å². The number of hydrogen-bond donors (Lipinski definition) is 3. The van der Waals surface area contributed by atoms with E-state index in [9.17, 15) is 10.0 Å². The molecule has 0 aliphatic heterocycles. The third-order valence-corrected chi connectivity index (χ3v) is 4.33. The summed E-state index contributed by atoms with van der Waals surface area (Å²) in [5.74, 6) is -0.155. The lowest BCUT2D eigenvalue weighted by molar-refractivity contribution is -1.21. The van der Waals surface area contributed by atoms with Crippen LogP contribution in [0.4, 0.5) is 0 Å². The van der Waals surface area contributed by atoms with Crippen LogP contribution in [0.3, 0.4) is 0 Å². The Bertz CT molecular complexity index is 294. The molecule has 0 aromatic carbocycles. The van der Waals surface area contributed by atoms with Crippen molar-refractivity contribution in [2.75, 3.05) is 6.54 Å². The number of carbonyl (C=O) groups excluding carboxylic acids is 1. The van der Waals surface area contributed by atoms with Gasteiger partial charge in [0.1, 0.15) is 6.54 Å². The molecule has 0 saturated heterocycles. The number of amides is 1. The van der Waals surface area contributed by atoms with Crippen molar-refractivity contribution in [2.45, 2.75) is 117 Å². The van der Waals surface area contributed by atoms with Crippen LogP contribution in [0.2, 0.25) is 0 Å². The number of rotatable bonds is 17. The minimum atomic E-state index is -2.14. The number of nitrogens with two attached hydrogens (primary N) is 1. The van der Waals surface area contributed by atoms with E-state index in [-0.39, 0.29) is 12.5 Å². The van der Waals surface area contributed by atoms with Crippen LogP contribution < -0.4 is 5.73 Å². The number of primary amides is 1. The lowest BCUT2D eigenvalue weighted by Crippen LogP contribution is -2.34. The first-order chi connectivity index (χ1) is 12.3. The predicted octanol–water partition coefficient (Wildman–Crippen LogP) is 5.83. The van der Waals surface area contributed by atoms with Gasteiger partial charge in [0.2, 0.25) is 5.91 Å². The van der Waals surface area contributed by atoms with Crippen LogP contribution in [-0.4, -0.2) is 27.8 Å². The van der Waals surface area contributed by atoms with Crippen molar-refractivity contribution in [3.8, 4) is 0 Å². The summed E-state index contributed by atoms with van der Waals surface area (Å²) in [5, 5.41) is 26.1. The topological polar surface area (TPSA) is 107 Å². The average Bonchev–Trinajstić information content (AvgIpc) is 2.57. The SMILES string of the molecule is CCCCCCCCCCCCCCCC(N)=O.CCCC[N+]([O-])(O)O. The maximum absolute atomic E-state index is 10.5. The first kappa shape index (κ1) is 27.5. The molecule has 0 aliphatic rings. The molecule has 0 aromatic heterocycles. The minimum Gasteiger partial charge on any atom is -0.564 e. The van der Waals surface area contributed by atoms with Gasteiger partial charge in [-0.3, -0.25) is 4.79 Å². The van der Waals surface area contributed by atoms with Gasteiger partial charge in [-0.2, -0.15) is 10.4 Å². The van der Waals surface area contributed by atoms with Crippen LogP contribution in [0.5, 0.6) is 0 Å². The van der Waals surface area contributed by atoms with Crippen molar-refractivity contribution in [1.29, 1.82) is 0 Å². The summed E-state index contributed by atoms with van der Waals surface area (Å²) in [7, 11) is 0. The Kier molecular flexibility index (Phi) is 21.8. The summed E-state index contributed by atoms with van der Waals surface area (Å²) in [5.41, 5.74) is 5.09. The molecule has 0 radical (unpaired) electrons. The molecule has 0 heterocycles. The third-order valence-electron chi connectivity index (χ3n) is 4.33. The highest BCUT2D eigenvalue weighted by molar-refractivity contribution is 5.73. The van der Waals surface area contributed by atoms with Crippen molar-refractivity contribution in [2.24, 2.45) is 5.73 Å². The summed E-state index contributed by atoms with van der Waals surface area (Å²) in [4.78, 5) is 8.38. The minimum absolute atomic E-state index is 0.142. The number of hydroxylamine groups is 3. The summed E-state index contributed by atoms with van der Waals surface area (Å²) < 4.78 is 0. The highest BCUT2D eigenvalue weighted by Gasteiger charge is 2.05. The van der Waals surface area contributed by atoms with Crippen LogP contribution >= 0.6 is 0 Å². The van der Waals surface area contributed by atoms with Gasteiger partial charge in [-0.15, -0.1) is 0 Å².